The number of carbonyl (C=O) groups is 2. The highest BCUT2D eigenvalue weighted by Gasteiger charge is 2.34. The third-order valence-corrected chi connectivity index (χ3v) is 3.61. The fraction of sp³-hybridized carbons (Fsp3) is 0.867. The Kier molecular flexibility index (Phi) is 6.45. The van der Waals surface area contributed by atoms with E-state index in [9.17, 15) is 9.59 Å². The van der Waals surface area contributed by atoms with Crippen LogP contribution in [0.3, 0.4) is 0 Å². The summed E-state index contributed by atoms with van der Waals surface area (Å²) in [5, 5.41) is 11.9. The molecule has 2 unspecified atom stereocenters. The highest BCUT2D eigenvalue weighted by molar-refractivity contribution is 5.69. The fourth-order valence-corrected chi connectivity index (χ4v) is 2.76. The Morgan fingerprint density at radius 3 is 2.43 bits per heavy atom. The number of nitrogens with one attached hydrogen (secondary N) is 1. The number of hydrogen-bond acceptors (Lipinski definition) is 4. The zero-order chi connectivity index (χ0) is 16.0. The summed E-state index contributed by atoms with van der Waals surface area (Å²) in [6, 6.07) is 0.0141. The van der Waals surface area contributed by atoms with Crippen LogP contribution in [0.1, 0.15) is 53.4 Å². The molecular weight excluding hydrogens is 272 g/mol. The van der Waals surface area contributed by atoms with E-state index in [1.165, 1.54) is 0 Å². The number of hydrogen-bond donors (Lipinski definition) is 2. The maximum absolute atomic E-state index is 12.3. The Hall–Kier alpha value is -1.30. The summed E-state index contributed by atoms with van der Waals surface area (Å²) in [6.45, 7) is 7.95. The van der Waals surface area contributed by atoms with Crippen LogP contribution in [0.2, 0.25) is 0 Å². The van der Waals surface area contributed by atoms with Crippen LogP contribution in [-0.4, -0.2) is 52.8 Å². The predicted molar refractivity (Wildman–Crippen MR) is 80.3 cm³/mol. The number of amides is 1. The van der Waals surface area contributed by atoms with Gasteiger partial charge in [0.25, 0.3) is 0 Å². The molecule has 2 atom stereocenters. The Morgan fingerprint density at radius 1 is 1.29 bits per heavy atom. The molecule has 2 N–H and O–H groups in total. The van der Waals surface area contributed by atoms with Crippen LogP contribution in [0, 0.1) is 0 Å². The summed E-state index contributed by atoms with van der Waals surface area (Å²) in [7, 11) is 0. The van der Waals surface area contributed by atoms with E-state index in [2.05, 4.69) is 5.32 Å². The molecule has 0 aromatic carbocycles. The van der Waals surface area contributed by atoms with Crippen molar-refractivity contribution in [3.05, 3.63) is 0 Å². The number of carbonyl (C=O) groups excluding carboxylic acids is 1. The molecule has 0 aromatic heterocycles. The molecule has 0 bridgehead atoms. The van der Waals surface area contributed by atoms with E-state index < -0.39 is 11.6 Å². The van der Waals surface area contributed by atoms with Crippen LogP contribution in [0.15, 0.2) is 0 Å². The number of rotatable bonds is 5. The van der Waals surface area contributed by atoms with E-state index in [0.29, 0.717) is 6.54 Å². The first-order valence-electron chi connectivity index (χ1n) is 7.69. The molecule has 0 spiro atoms. The van der Waals surface area contributed by atoms with E-state index in [1.54, 1.807) is 4.90 Å². The van der Waals surface area contributed by atoms with Crippen LogP contribution in [0.4, 0.5) is 4.79 Å². The van der Waals surface area contributed by atoms with Crippen molar-refractivity contribution in [2.75, 3.05) is 13.1 Å². The zero-order valence-corrected chi connectivity index (χ0v) is 13.5. The molecule has 1 amide bonds. The molecule has 6 nitrogen and oxygen atoms in total. The monoisotopic (exact) mass is 300 g/mol. The van der Waals surface area contributed by atoms with Crippen molar-refractivity contribution in [3.8, 4) is 0 Å². The minimum atomic E-state index is -0.875. The smallest absolute Gasteiger partial charge is 0.410 e. The Bertz CT molecular complexity index is 365. The summed E-state index contributed by atoms with van der Waals surface area (Å²) >= 11 is 0. The molecule has 21 heavy (non-hydrogen) atoms. The van der Waals surface area contributed by atoms with E-state index in [-0.39, 0.29) is 24.7 Å². The molecule has 1 saturated carbocycles. The third-order valence-electron chi connectivity index (χ3n) is 3.61. The molecule has 0 aliphatic heterocycles. The molecule has 0 radical (unpaired) electrons. The van der Waals surface area contributed by atoms with Crippen molar-refractivity contribution < 1.29 is 19.4 Å². The van der Waals surface area contributed by atoms with Gasteiger partial charge in [-0.25, -0.2) is 4.79 Å². The van der Waals surface area contributed by atoms with Gasteiger partial charge in [0.15, 0.2) is 0 Å². The van der Waals surface area contributed by atoms with Crippen molar-refractivity contribution in [1.82, 2.24) is 10.2 Å². The molecule has 122 valence electrons. The molecule has 1 aliphatic rings. The summed E-state index contributed by atoms with van der Waals surface area (Å²) in [4.78, 5) is 24.8. The van der Waals surface area contributed by atoms with Crippen LogP contribution >= 0.6 is 0 Å². The topological polar surface area (TPSA) is 78.9 Å². The Morgan fingerprint density at radius 2 is 1.90 bits per heavy atom. The normalized spacial score (nSPS) is 22.7. The number of carboxylic acids is 1. The predicted octanol–water partition coefficient (Wildman–Crippen LogP) is 2.23. The fourth-order valence-electron chi connectivity index (χ4n) is 2.76. The maximum Gasteiger partial charge on any atom is 0.410 e. The standard InChI is InChI=1S/C15H28N2O4/c1-5-17(14(20)21-15(2,3)4)12-9-7-6-8-11(12)16-10-13(18)19/h11-12,16H,5-10H2,1-4H3,(H,18,19). The summed E-state index contributed by atoms with van der Waals surface area (Å²) in [5.41, 5.74) is -0.525. The number of ether oxygens (including phenoxy) is 1. The SMILES string of the molecule is CCN(C(=O)OC(C)(C)C)C1CCCCC1NCC(=O)O. The van der Waals surface area contributed by atoms with E-state index >= 15 is 0 Å². The maximum atomic E-state index is 12.3. The number of aliphatic carboxylic acids is 1. The first-order valence-corrected chi connectivity index (χ1v) is 7.69. The lowest BCUT2D eigenvalue weighted by Crippen LogP contribution is -2.55. The first kappa shape index (κ1) is 17.8. The number of nitrogens with zero attached hydrogens (tertiary/aromatic N) is 1. The van der Waals surface area contributed by atoms with Gasteiger partial charge in [0.1, 0.15) is 5.60 Å². The largest absolute Gasteiger partial charge is 0.480 e. The molecule has 0 aromatic rings. The van der Waals surface area contributed by atoms with Gasteiger partial charge in [0, 0.05) is 12.6 Å². The summed E-state index contributed by atoms with van der Waals surface area (Å²) in [6.07, 6.45) is 3.55. The average Bonchev–Trinajstić information content (AvgIpc) is 2.36. The minimum absolute atomic E-state index is 0.00190. The average molecular weight is 300 g/mol. The molecule has 6 heteroatoms. The molecule has 1 aliphatic carbocycles. The van der Waals surface area contributed by atoms with Gasteiger partial charge in [-0.1, -0.05) is 12.8 Å². The highest BCUT2D eigenvalue weighted by Crippen LogP contribution is 2.25. The van der Waals surface area contributed by atoms with Crippen LogP contribution in [-0.2, 0) is 9.53 Å². The van der Waals surface area contributed by atoms with Crippen molar-refractivity contribution in [2.24, 2.45) is 0 Å². The van der Waals surface area contributed by atoms with Gasteiger partial charge in [-0.3, -0.25) is 4.79 Å². The first-order chi connectivity index (χ1) is 9.74. The second-order valence-electron chi connectivity index (χ2n) is 6.50. The minimum Gasteiger partial charge on any atom is -0.480 e. The Labute approximate surface area is 126 Å². The van der Waals surface area contributed by atoms with Crippen LogP contribution < -0.4 is 5.32 Å². The number of carboxylic acid groups (broad SMARTS) is 1. The van der Waals surface area contributed by atoms with Crippen molar-refractivity contribution in [2.45, 2.75) is 71.1 Å². The van der Waals surface area contributed by atoms with E-state index in [0.717, 1.165) is 25.7 Å². The molecule has 1 rings (SSSR count). The lowest BCUT2D eigenvalue weighted by molar-refractivity contribution is -0.136. The lowest BCUT2D eigenvalue weighted by Gasteiger charge is -2.40. The van der Waals surface area contributed by atoms with Crippen molar-refractivity contribution >= 4 is 12.1 Å². The summed E-state index contributed by atoms with van der Waals surface area (Å²) < 4.78 is 5.46. The van der Waals surface area contributed by atoms with Gasteiger partial charge in [-0.2, -0.15) is 0 Å². The van der Waals surface area contributed by atoms with E-state index in [4.69, 9.17) is 9.84 Å². The van der Waals surface area contributed by atoms with E-state index in [1.807, 2.05) is 27.7 Å². The van der Waals surface area contributed by atoms with Crippen LogP contribution in [0.5, 0.6) is 0 Å². The lowest BCUT2D eigenvalue weighted by atomic mass is 9.89. The van der Waals surface area contributed by atoms with Crippen molar-refractivity contribution in [3.63, 3.8) is 0 Å². The van der Waals surface area contributed by atoms with Gasteiger partial charge in [0.05, 0.1) is 12.6 Å². The third kappa shape index (κ3) is 5.91. The molecule has 0 saturated heterocycles. The van der Waals surface area contributed by atoms with Gasteiger partial charge >= 0.3 is 12.1 Å². The molecular formula is C15H28N2O4. The summed E-state index contributed by atoms with van der Waals surface area (Å²) in [5.74, 6) is -0.875. The van der Waals surface area contributed by atoms with Gasteiger partial charge in [-0.15, -0.1) is 0 Å². The van der Waals surface area contributed by atoms with Crippen LogP contribution in [0.25, 0.3) is 0 Å². The van der Waals surface area contributed by atoms with Gasteiger partial charge in [-0.05, 0) is 40.5 Å². The second kappa shape index (κ2) is 7.64. The quantitative estimate of drug-likeness (QED) is 0.814. The Balaban J connectivity index is 2.74. The molecule has 0 heterocycles. The van der Waals surface area contributed by atoms with Gasteiger partial charge in [0.2, 0.25) is 0 Å². The van der Waals surface area contributed by atoms with Gasteiger partial charge < -0.3 is 20.1 Å². The highest BCUT2D eigenvalue weighted by atomic mass is 16.6. The zero-order valence-electron chi connectivity index (χ0n) is 13.5. The second-order valence-corrected chi connectivity index (χ2v) is 6.50. The number of likely N-dealkylation sites (N-methyl/N-ethyl adjacent to an activating group) is 1. The van der Waals surface area contributed by atoms with Crippen molar-refractivity contribution in [1.29, 1.82) is 0 Å². The molecule has 1 fully saturated rings.